The van der Waals surface area contributed by atoms with Gasteiger partial charge in [-0.15, -0.1) is 11.8 Å². The quantitative estimate of drug-likeness (QED) is 0.600. The molecule has 0 saturated heterocycles. The SMILES string of the molecule is Cc1ccccc1NC(=O)CSCC(=O)[O-].[K+]. The number of hydrogen-bond donors (Lipinski definition) is 1. The second kappa shape index (κ2) is 9.13. The summed E-state index contributed by atoms with van der Waals surface area (Å²) in [6, 6.07) is 7.41. The van der Waals surface area contributed by atoms with Crippen LogP contribution < -0.4 is 61.8 Å². The third-order valence-electron chi connectivity index (χ3n) is 1.87. The largest absolute Gasteiger partial charge is 1.00 e. The Morgan fingerprint density at radius 3 is 2.53 bits per heavy atom. The normalized spacial score (nSPS) is 9.24. The molecule has 0 radical (unpaired) electrons. The smallest absolute Gasteiger partial charge is 0.549 e. The molecule has 4 nitrogen and oxygen atoms in total. The zero-order valence-electron chi connectivity index (χ0n) is 9.86. The number of thioether (sulfide) groups is 1. The Kier molecular flexibility index (Phi) is 9.20. The molecule has 86 valence electrons. The van der Waals surface area contributed by atoms with Gasteiger partial charge in [0.15, 0.2) is 0 Å². The Morgan fingerprint density at radius 1 is 1.29 bits per heavy atom. The second-order valence-electron chi connectivity index (χ2n) is 3.23. The van der Waals surface area contributed by atoms with E-state index in [1.165, 1.54) is 0 Å². The Labute approximate surface area is 147 Å². The summed E-state index contributed by atoms with van der Waals surface area (Å²) in [5.74, 6) is -1.42. The molecular weight excluding hydrogens is 265 g/mol. The van der Waals surface area contributed by atoms with Gasteiger partial charge in [0.05, 0.1) is 11.7 Å². The van der Waals surface area contributed by atoms with Gasteiger partial charge in [0.1, 0.15) is 0 Å². The number of amides is 1. The van der Waals surface area contributed by atoms with Crippen molar-refractivity contribution < 1.29 is 66.1 Å². The summed E-state index contributed by atoms with van der Waals surface area (Å²) in [4.78, 5) is 21.5. The van der Waals surface area contributed by atoms with Gasteiger partial charge in [0, 0.05) is 11.4 Å². The van der Waals surface area contributed by atoms with Crippen molar-refractivity contribution in [3.8, 4) is 0 Å². The molecule has 1 aromatic rings. The summed E-state index contributed by atoms with van der Waals surface area (Å²) in [5, 5.41) is 12.8. The van der Waals surface area contributed by atoms with E-state index in [0.29, 0.717) is 0 Å². The molecular formula is C11H12KNO3S. The van der Waals surface area contributed by atoms with Crippen LogP contribution in [0.25, 0.3) is 0 Å². The van der Waals surface area contributed by atoms with Crippen LogP contribution in [0.3, 0.4) is 0 Å². The molecule has 1 amide bonds. The number of aliphatic carboxylic acids is 1. The molecule has 0 spiro atoms. The molecule has 1 aromatic carbocycles. The molecule has 0 aromatic heterocycles. The topological polar surface area (TPSA) is 69.2 Å². The number of aryl methyl sites for hydroxylation is 1. The molecule has 0 unspecified atom stereocenters. The maximum atomic E-state index is 11.4. The van der Waals surface area contributed by atoms with Crippen LogP contribution in [-0.2, 0) is 9.59 Å². The van der Waals surface area contributed by atoms with E-state index in [0.717, 1.165) is 23.0 Å². The number of rotatable bonds is 5. The first-order valence-electron chi connectivity index (χ1n) is 4.72. The minimum atomic E-state index is -1.16. The minimum absolute atomic E-state index is 0. The van der Waals surface area contributed by atoms with E-state index in [2.05, 4.69) is 5.32 Å². The van der Waals surface area contributed by atoms with E-state index in [1.54, 1.807) is 6.07 Å². The van der Waals surface area contributed by atoms with Crippen molar-refractivity contribution >= 4 is 29.3 Å². The molecule has 0 heterocycles. The number of para-hydroxylation sites is 1. The van der Waals surface area contributed by atoms with E-state index in [4.69, 9.17) is 0 Å². The zero-order valence-corrected chi connectivity index (χ0v) is 13.8. The predicted molar refractivity (Wildman–Crippen MR) is 62.1 cm³/mol. The van der Waals surface area contributed by atoms with Crippen molar-refractivity contribution in [1.82, 2.24) is 0 Å². The Bertz CT molecular complexity index is 398. The van der Waals surface area contributed by atoms with Gasteiger partial charge in [0.2, 0.25) is 5.91 Å². The summed E-state index contributed by atoms with van der Waals surface area (Å²) in [5.41, 5.74) is 1.72. The monoisotopic (exact) mass is 277 g/mol. The van der Waals surface area contributed by atoms with Crippen molar-refractivity contribution in [2.24, 2.45) is 0 Å². The van der Waals surface area contributed by atoms with Gasteiger partial charge in [-0.1, -0.05) is 18.2 Å². The number of carbonyl (C=O) groups excluding carboxylic acids is 2. The van der Waals surface area contributed by atoms with Gasteiger partial charge in [0.25, 0.3) is 0 Å². The van der Waals surface area contributed by atoms with Crippen LogP contribution in [-0.4, -0.2) is 23.4 Å². The van der Waals surface area contributed by atoms with Gasteiger partial charge in [-0.2, -0.15) is 0 Å². The summed E-state index contributed by atoms with van der Waals surface area (Å²) in [6.45, 7) is 1.89. The number of benzene rings is 1. The van der Waals surface area contributed by atoms with Gasteiger partial charge >= 0.3 is 51.4 Å². The number of carboxylic acids is 1. The Morgan fingerprint density at radius 2 is 1.94 bits per heavy atom. The summed E-state index contributed by atoms with van der Waals surface area (Å²) >= 11 is 1.02. The van der Waals surface area contributed by atoms with Crippen molar-refractivity contribution in [3.05, 3.63) is 29.8 Å². The van der Waals surface area contributed by atoms with Gasteiger partial charge in [-0.25, -0.2) is 0 Å². The fourth-order valence-electron chi connectivity index (χ4n) is 1.13. The van der Waals surface area contributed by atoms with Crippen LogP contribution in [0.15, 0.2) is 24.3 Å². The number of hydrogen-bond acceptors (Lipinski definition) is 4. The molecule has 0 saturated carbocycles. The summed E-state index contributed by atoms with van der Waals surface area (Å²) in [6.07, 6.45) is 0. The molecule has 0 aliphatic heterocycles. The van der Waals surface area contributed by atoms with Crippen LogP contribution >= 0.6 is 11.8 Å². The molecule has 0 aliphatic rings. The van der Waals surface area contributed by atoms with Gasteiger partial charge in [-0.05, 0) is 18.6 Å². The molecule has 1 N–H and O–H groups in total. The van der Waals surface area contributed by atoms with E-state index in [1.807, 2.05) is 25.1 Å². The molecule has 6 heteroatoms. The molecule has 1 rings (SSSR count). The van der Waals surface area contributed by atoms with E-state index in [9.17, 15) is 14.7 Å². The van der Waals surface area contributed by atoms with E-state index in [-0.39, 0.29) is 68.8 Å². The van der Waals surface area contributed by atoms with Crippen molar-refractivity contribution in [1.29, 1.82) is 0 Å². The number of anilines is 1. The fourth-order valence-corrected chi connectivity index (χ4v) is 1.65. The first-order chi connectivity index (χ1) is 7.59. The maximum absolute atomic E-state index is 11.4. The van der Waals surface area contributed by atoms with Crippen molar-refractivity contribution in [2.75, 3.05) is 16.8 Å². The first kappa shape index (κ1) is 17.1. The van der Waals surface area contributed by atoms with Crippen LogP contribution in [0.4, 0.5) is 5.69 Å². The Balaban J connectivity index is 0.00000256. The van der Waals surface area contributed by atoms with Gasteiger partial charge in [-0.3, -0.25) is 4.79 Å². The molecule has 0 atom stereocenters. The third kappa shape index (κ3) is 7.23. The standard InChI is InChI=1S/C11H13NO3S.K/c1-8-4-2-3-5-9(8)12-10(13)6-16-7-11(14)15;/h2-5H,6-7H2,1H3,(H,12,13)(H,14,15);/q;+1/p-1. The Hall–Kier alpha value is 0.146. The average molecular weight is 277 g/mol. The zero-order chi connectivity index (χ0) is 12.0. The number of carbonyl (C=O) groups is 2. The average Bonchev–Trinajstić information content (AvgIpc) is 2.21. The van der Waals surface area contributed by atoms with Crippen molar-refractivity contribution in [3.63, 3.8) is 0 Å². The number of carboxylic acid groups (broad SMARTS) is 1. The first-order valence-corrected chi connectivity index (χ1v) is 5.88. The van der Waals surface area contributed by atoms with Crippen LogP contribution in [0.5, 0.6) is 0 Å². The number of nitrogens with one attached hydrogen (secondary N) is 1. The predicted octanol–water partition coefficient (Wildman–Crippen LogP) is -2.58. The van der Waals surface area contributed by atoms with Crippen molar-refractivity contribution in [2.45, 2.75) is 6.92 Å². The molecule has 0 bridgehead atoms. The van der Waals surface area contributed by atoms with E-state index >= 15 is 0 Å². The maximum Gasteiger partial charge on any atom is 1.00 e. The van der Waals surface area contributed by atoms with Crippen LogP contribution in [0, 0.1) is 6.92 Å². The van der Waals surface area contributed by atoms with Gasteiger partial charge < -0.3 is 15.2 Å². The minimum Gasteiger partial charge on any atom is -0.549 e. The fraction of sp³-hybridized carbons (Fsp3) is 0.273. The molecule has 0 aliphatic carbocycles. The van der Waals surface area contributed by atoms with Crippen LogP contribution in [0.1, 0.15) is 5.56 Å². The molecule has 0 fully saturated rings. The summed E-state index contributed by atoms with van der Waals surface area (Å²) in [7, 11) is 0. The van der Waals surface area contributed by atoms with E-state index < -0.39 is 5.97 Å². The summed E-state index contributed by atoms with van der Waals surface area (Å²) < 4.78 is 0. The third-order valence-corrected chi connectivity index (χ3v) is 2.78. The second-order valence-corrected chi connectivity index (χ2v) is 4.21. The van der Waals surface area contributed by atoms with Crippen LogP contribution in [0.2, 0.25) is 0 Å². The molecule has 17 heavy (non-hydrogen) atoms.